The number of barbiturate groups is 1. The van der Waals surface area contributed by atoms with Gasteiger partial charge in [-0.3, -0.25) is 19.9 Å². The smallest absolute Gasteiger partial charge is 0.335 e. The van der Waals surface area contributed by atoms with Crippen LogP contribution in [0.3, 0.4) is 0 Å². The number of para-hydroxylation sites is 1. The highest BCUT2D eigenvalue weighted by Gasteiger charge is 2.37. The third-order valence-corrected chi connectivity index (χ3v) is 5.58. The first-order valence-electron chi connectivity index (χ1n) is 10.5. The van der Waals surface area contributed by atoms with Gasteiger partial charge in [0, 0.05) is 41.6 Å². The van der Waals surface area contributed by atoms with Gasteiger partial charge in [0.1, 0.15) is 5.57 Å². The number of rotatable bonds is 4. The molecule has 7 nitrogen and oxygen atoms in total. The van der Waals surface area contributed by atoms with Crippen LogP contribution in [-0.4, -0.2) is 27.4 Å². The van der Waals surface area contributed by atoms with Crippen LogP contribution in [0.5, 0.6) is 0 Å². The quantitative estimate of drug-likeness (QED) is 0.386. The van der Waals surface area contributed by atoms with Crippen molar-refractivity contribution in [2.75, 3.05) is 4.90 Å². The van der Waals surface area contributed by atoms with E-state index in [4.69, 9.17) is 0 Å². The summed E-state index contributed by atoms with van der Waals surface area (Å²) >= 11 is 0. The van der Waals surface area contributed by atoms with Crippen molar-refractivity contribution in [3.63, 3.8) is 0 Å². The molecule has 1 N–H and O–H groups in total. The predicted molar refractivity (Wildman–Crippen MR) is 125 cm³/mol. The Labute approximate surface area is 190 Å². The molecule has 0 aliphatic carbocycles. The molecular weight excluding hydrogens is 416 g/mol. The molecule has 5 rings (SSSR count). The maximum atomic E-state index is 13.2. The SMILES string of the molecule is Cc1cccc(Cn2cc(/C=C3\C(=O)NC(=O)N(c4ccncc4)C3=O)c3ccccc32)c1. The van der Waals surface area contributed by atoms with E-state index in [2.05, 4.69) is 40.0 Å². The standard InChI is InChI=1S/C26H20N4O3/c1-17-5-4-6-18(13-17)15-29-16-19(21-7-2-3-8-23(21)29)14-22-24(31)28-26(33)30(25(22)32)20-9-11-27-12-10-20/h2-14,16H,15H2,1H3,(H,28,31,33)/b22-14+. The second-order valence-electron chi connectivity index (χ2n) is 7.88. The zero-order chi connectivity index (χ0) is 22.9. The second kappa shape index (κ2) is 8.20. The molecule has 1 aliphatic rings. The number of imide groups is 2. The van der Waals surface area contributed by atoms with E-state index in [-0.39, 0.29) is 5.57 Å². The van der Waals surface area contributed by atoms with E-state index < -0.39 is 17.8 Å². The average Bonchev–Trinajstić information content (AvgIpc) is 3.14. The average molecular weight is 436 g/mol. The monoisotopic (exact) mass is 436 g/mol. The number of pyridine rings is 1. The zero-order valence-corrected chi connectivity index (χ0v) is 17.9. The minimum absolute atomic E-state index is 0.107. The molecule has 4 aromatic rings. The third kappa shape index (κ3) is 3.80. The molecule has 4 amide bonds. The van der Waals surface area contributed by atoms with Gasteiger partial charge in [-0.2, -0.15) is 0 Å². The van der Waals surface area contributed by atoms with Crippen molar-refractivity contribution in [3.8, 4) is 0 Å². The normalized spacial score (nSPS) is 15.4. The fourth-order valence-corrected chi connectivity index (χ4v) is 4.07. The lowest BCUT2D eigenvalue weighted by Crippen LogP contribution is -2.54. The minimum atomic E-state index is -0.782. The molecule has 1 aliphatic heterocycles. The van der Waals surface area contributed by atoms with Crippen LogP contribution in [0.2, 0.25) is 0 Å². The molecule has 2 aromatic carbocycles. The fraction of sp³-hybridized carbons (Fsp3) is 0.0769. The topological polar surface area (TPSA) is 84.3 Å². The molecule has 3 heterocycles. The number of carbonyl (C=O) groups is 3. The third-order valence-electron chi connectivity index (χ3n) is 5.58. The number of nitrogens with zero attached hydrogens (tertiary/aromatic N) is 3. The summed E-state index contributed by atoms with van der Waals surface area (Å²) in [5.41, 5.74) is 4.27. The highest BCUT2D eigenvalue weighted by molar-refractivity contribution is 6.39. The number of hydrogen-bond donors (Lipinski definition) is 1. The van der Waals surface area contributed by atoms with Gasteiger partial charge in [-0.25, -0.2) is 9.69 Å². The first kappa shape index (κ1) is 20.4. The number of fused-ring (bicyclic) bond motifs is 1. The lowest BCUT2D eigenvalue weighted by molar-refractivity contribution is -0.122. The Morgan fingerprint density at radius 2 is 1.76 bits per heavy atom. The van der Waals surface area contributed by atoms with Crippen molar-refractivity contribution in [2.24, 2.45) is 0 Å². The van der Waals surface area contributed by atoms with Gasteiger partial charge in [-0.1, -0.05) is 48.0 Å². The number of anilines is 1. The molecule has 33 heavy (non-hydrogen) atoms. The van der Waals surface area contributed by atoms with Crippen LogP contribution >= 0.6 is 0 Å². The predicted octanol–water partition coefficient (Wildman–Crippen LogP) is 4.06. The summed E-state index contributed by atoms with van der Waals surface area (Å²) in [7, 11) is 0. The molecule has 0 spiro atoms. The van der Waals surface area contributed by atoms with Crippen LogP contribution in [0.25, 0.3) is 17.0 Å². The minimum Gasteiger partial charge on any atom is -0.342 e. The lowest BCUT2D eigenvalue weighted by atomic mass is 10.1. The summed E-state index contributed by atoms with van der Waals surface area (Å²) in [5.74, 6) is -1.39. The largest absolute Gasteiger partial charge is 0.342 e. The Morgan fingerprint density at radius 3 is 2.55 bits per heavy atom. The van der Waals surface area contributed by atoms with E-state index in [1.807, 2.05) is 36.5 Å². The molecule has 0 bridgehead atoms. The summed E-state index contributed by atoms with van der Waals surface area (Å²) < 4.78 is 2.09. The van der Waals surface area contributed by atoms with Gasteiger partial charge in [0.25, 0.3) is 11.8 Å². The van der Waals surface area contributed by atoms with E-state index in [0.717, 1.165) is 26.9 Å². The fourth-order valence-electron chi connectivity index (χ4n) is 4.07. The molecule has 0 radical (unpaired) electrons. The second-order valence-corrected chi connectivity index (χ2v) is 7.88. The summed E-state index contributed by atoms with van der Waals surface area (Å²) in [6, 6.07) is 18.4. The van der Waals surface area contributed by atoms with Gasteiger partial charge in [-0.05, 0) is 36.8 Å². The number of nitrogens with one attached hydrogen (secondary N) is 1. The highest BCUT2D eigenvalue weighted by atomic mass is 16.2. The number of hydrogen-bond acceptors (Lipinski definition) is 4. The lowest BCUT2D eigenvalue weighted by Gasteiger charge is -2.26. The zero-order valence-electron chi connectivity index (χ0n) is 17.9. The van der Waals surface area contributed by atoms with E-state index in [1.54, 1.807) is 18.2 Å². The molecule has 0 atom stereocenters. The summed E-state index contributed by atoms with van der Waals surface area (Å²) in [6.07, 6.45) is 6.43. The van der Waals surface area contributed by atoms with E-state index in [9.17, 15) is 14.4 Å². The number of aromatic nitrogens is 2. The van der Waals surface area contributed by atoms with Crippen molar-refractivity contribution in [1.82, 2.24) is 14.9 Å². The van der Waals surface area contributed by atoms with E-state index >= 15 is 0 Å². The van der Waals surface area contributed by atoms with Crippen LogP contribution < -0.4 is 10.2 Å². The number of carbonyl (C=O) groups excluding carboxylic acids is 3. The van der Waals surface area contributed by atoms with Crippen molar-refractivity contribution in [3.05, 3.63) is 102 Å². The van der Waals surface area contributed by atoms with Crippen molar-refractivity contribution >= 4 is 40.5 Å². The van der Waals surface area contributed by atoms with E-state index in [0.29, 0.717) is 12.2 Å². The summed E-state index contributed by atoms with van der Waals surface area (Å²) in [6.45, 7) is 2.70. The van der Waals surface area contributed by atoms with Crippen LogP contribution in [0, 0.1) is 6.92 Å². The molecule has 0 saturated carbocycles. The first-order valence-corrected chi connectivity index (χ1v) is 10.5. The number of benzene rings is 2. The van der Waals surface area contributed by atoms with Gasteiger partial charge in [0.05, 0.1) is 5.69 Å². The molecule has 7 heteroatoms. The summed E-state index contributed by atoms with van der Waals surface area (Å²) in [5, 5.41) is 3.17. The van der Waals surface area contributed by atoms with Gasteiger partial charge in [0.2, 0.25) is 0 Å². The molecule has 2 aromatic heterocycles. The molecule has 162 valence electrons. The van der Waals surface area contributed by atoms with Gasteiger partial charge in [-0.15, -0.1) is 0 Å². The van der Waals surface area contributed by atoms with Gasteiger partial charge >= 0.3 is 6.03 Å². The summed E-state index contributed by atoms with van der Waals surface area (Å²) in [4.78, 5) is 43.0. The highest BCUT2D eigenvalue weighted by Crippen LogP contribution is 2.27. The number of amides is 4. The molecule has 1 fully saturated rings. The van der Waals surface area contributed by atoms with Crippen LogP contribution in [0.15, 0.2) is 84.8 Å². The Morgan fingerprint density at radius 1 is 0.970 bits per heavy atom. The number of aryl methyl sites for hydroxylation is 1. The van der Waals surface area contributed by atoms with E-state index in [1.165, 1.54) is 18.0 Å². The Hall–Kier alpha value is -4.52. The van der Waals surface area contributed by atoms with Crippen LogP contribution in [0.1, 0.15) is 16.7 Å². The first-order chi connectivity index (χ1) is 16.0. The Bertz CT molecular complexity index is 1440. The maximum Gasteiger partial charge on any atom is 0.335 e. The van der Waals surface area contributed by atoms with Gasteiger partial charge < -0.3 is 4.57 Å². The number of urea groups is 1. The van der Waals surface area contributed by atoms with Crippen molar-refractivity contribution < 1.29 is 14.4 Å². The van der Waals surface area contributed by atoms with Gasteiger partial charge in [0.15, 0.2) is 0 Å². The molecule has 1 saturated heterocycles. The van der Waals surface area contributed by atoms with Crippen LogP contribution in [0.4, 0.5) is 10.5 Å². The Balaban J connectivity index is 1.57. The maximum absolute atomic E-state index is 13.2. The van der Waals surface area contributed by atoms with Crippen molar-refractivity contribution in [2.45, 2.75) is 13.5 Å². The molecular formula is C26H20N4O3. The van der Waals surface area contributed by atoms with Crippen molar-refractivity contribution in [1.29, 1.82) is 0 Å². The molecule has 0 unspecified atom stereocenters. The van der Waals surface area contributed by atoms with Crippen LogP contribution in [-0.2, 0) is 16.1 Å². The Kier molecular flexibility index (Phi) is 5.06.